The van der Waals surface area contributed by atoms with Crippen LogP contribution in [0.3, 0.4) is 0 Å². The summed E-state index contributed by atoms with van der Waals surface area (Å²) in [6, 6.07) is 7.60. The minimum absolute atomic E-state index is 0.0769. The van der Waals surface area contributed by atoms with E-state index in [0.717, 1.165) is 29.9 Å². The largest absolute Gasteiger partial charge is 0.497 e. The third-order valence-electron chi connectivity index (χ3n) is 6.05. The number of carbonyl (C=O) groups excluding carboxylic acids is 1. The Morgan fingerprint density at radius 3 is 2.19 bits per heavy atom. The first-order valence-electron chi connectivity index (χ1n) is 12.3. The van der Waals surface area contributed by atoms with E-state index in [4.69, 9.17) is 9.57 Å². The number of rotatable bonds is 7. The number of benzene rings is 1. The molecule has 6 heteroatoms. The maximum atomic E-state index is 11.5. The van der Waals surface area contributed by atoms with Gasteiger partial charge in [-0.3, -0.25) is 4.79 Å². The molecule has 2 fully saturated rings. The highest BCUT2D eigenvalue weighted by molar-refractivity contribution is 5.88. The van der Waals surface area contributed by atoms with Crippen molar-refractivity contribution in [2.45, 2.75) is 96.7 Å². The molecule has 1 heterocycles. The van der Waals surface area contributed by atoms with Crippen molar-refractivity contribution in [3.8, 4) is 5.75 Å². The number of methoxy groups -OCH3 is 1. The maximum Gasteiger partial charge on any atom is 0.220 e. The van der Waals surface area contributed by atoms with E-state index in [-0.39, 0.29) is 11.8 Å². The third kappa shape index (κ3) is 11.0. The number of aliphatic hydroxyl groups excluding tert-OH is 1. The number of aliphatic hydroxyl groups is 1. The number of carbonyl (C=O) groups is 1. The first kappa shape index (κ1) is 26.2. The molecule has 1 aromatic carbocycles. The van der Waals surface area contributed by atoms with Crippen molar-refractivity contribution >= 4 is 11.6 Å². The number of amides is 1. The fourth-order valence-electron chi connectivity index (χ4n) is 4.13. The Morgan fingerprint density at radius 1 is 1.06 bits per heavy atom. The molecule has 1 aromatic rings. The van der Waals surface area contributed by atoms with Crippen molar-refractivity contribution in [2.75, 3.05) is 13.7 Å². The average molecular weight is 447 g/mol. The Bertz CT molecular complexity index is 649. The molecule has 2 unspecified atom stereocenters. The van der Waals surface area contributed by atoms with Gasteiger partial charge in [0.05, 0.1) is 18.9 Å². The van der Waals surface area contributed by atoms with Crippen molar-refractivity contribution in [3.05, 3.63) is 29.8 Å². The van der Waals surface area contributed by atoms with Crippen LogP contribution in [0, 0.1) is 5.92 Å². The molecule has 1 aliphatic heterocycles. The van der Waals surface area contributed by atoms with Gasteiger partial charge in [0.1, 0.15) is 12.4 Å². The van der Waals surface area contributed by atoms with Gasteiger partial charge >= 0.3 is 0 Å². The van der Waals surface area contributed by atoms with E-state index in [0.29, 0.717) is 26.0 Å². The summed E-state index contributed by atoms with van der Waals surface area (Å²) < 4.78 is 5.12. The molecule has 1 amide bonds. The Morgan fingerprint density at radius 2 is 1.66 bits per heavy atom. The van der Waals surface area contributed by atoms with Crippen LogP contribution in [-0.4, -0.2) is 36.5 Å². The van der Waals surface area contributed by atoms with Gasteiger partial charge in [0.2, 0.25) is 5.91 Å². The molecule has 2 atom stereocenters. The first-order chi connectivity index (χ1) is 15.6. The van der Waals surface area contributed by atoms with Crippen molar-refractivity contribution in [1.29, 1.82) is 0 Å². The van der Waals surface area contributed by atoms with Crippen LogP contribution >= 0.6 is 0 Å². The predicted molar refractivity (Wildman–Crippen MR) is 129 cm³/mol. The van der Waals surface area contributed by atoms with Crippen molar-refractivity contribution < 1.29 is 19.5 Å². The minimum atomic E-state index is -0.493. The summed E-state index contributed by atoms with van der Waals surface area (Å²) in [4.78, 5) is 17.0. The van der Waals surface area contributed by atoms with Gasteiger partial charge in [0.15, 0.2) is 0 Å². The van der Waals surface area contributed by atoms with Gasteiger partial charge in [-0.25, -0.2) is 0 Å². The highest BCUT2D eigenvalue weighted by Crippen LogP contribution is 2.18. The molecule has 0 aromatic heterocycles. The van der Waals surface area contributed by atoms with Crippen LogP contribution in [-0.2, 0) is 16.2 Å². The van der Waals surface area contributed by atoms with Crippen LogP contribution in [0.5, 0.6) is 5.75 Å². The van der Waals surface area contributed by atoms with E-state index >= 15 is 0 Å². The van der Waals surface area contributed by atoms with E-state index < -0.39 is 6.10 Å². The first-order valence-corrected chi connectivity index (χ1v) is 12.3. The maximum absolute atomic E-state index is 11.5. The van der Waals surface area contributed by atoms with Crippen molar-refractivity contribution in [2.24, 2.45) is 11.1 Å². The topological polar surface area (TPSA) is 80.2 Å². The van der Waals surface area contributed by atoms with Crippen LogP contribution in [0.15, 0.2) is 29.4 Å². The molecule has 2 N–H and O–H groups in total. The molecule has 6 nitrogen and oxygen atoms in total. The second kappa shape index (κ2) is 15.7. The molecule has 1 saturated heterocycles. The number of ether oxygens (including phenoxy) is 1. The molecule has 0 bridgehead atoms. The van der Waals surface area contributed by atoms with Crippen LogP contribution < -0.4 is 10.1 Å². The Balaban J connectivity index is 0.000000380. The zero-order valence-corrected chi connectivity index (χ0v) is 20.0. The zero-order valence-electron chi connectivity index (χ0n) is 20.0. The standard InChI is InChI=1S/C18H26N2O4.C8H16/c1-13(21)10-17(15-4-3-5-18(22)19-11-15)20-24-12-14-6-8-16(23-2)9-7-14;1-2-4-6-8-7-5-3-1/h6-9,13,15,21H,3-5,10-12H2,1-2H3,(H,19,22);1-8H2/b20-17-;. The SMILES string of the molecule is C1CCCCCCC1.COc1ccc(CO/N=C(/CC(C)O)C2CCCC(=O)NC2)cc1. The lowest BCUT2D eigenvalue weighted by atomic mass is 9.94. The molecule has 180 valence electrons. The Hall–Kier alpha value is -2.08. The third-order valence-corrected chi connectivity index (χ3v) is 6.05. The van der Waals surface area contributed by atoms with Crippen LogP contribution in [0.25, 0.3) is 0 Å². The summed E-state index contributed by atoms with van der Waals surface area (Å²) in [5.74, 6) is 0.987. The monoisotopic (exact) mass is 446 g/mol. The van der Waals surface area contributed by atoms with Gasteiger partial charge < -0.3 is 20.0 Å². The lowest BCUT2D eigenvalue weighted by Gasteiger charge is -2.18. The van der Waals surface area contributed by atoms with Gasteiger partial charge in [-0.05, 0) is 37.5 Å². The molecule has 2 aliphatic rings. The minimum Gasteiger partial charge on any atom is -0.497 e. The number of nitrogens with zero attached hydrogens (tertiary/aromatic N) is 1. The second-order valence-corrected chi connectivity index (χ2v) is 8.98. The smallest absolute Gasteiger partial charge is 0.220 e. The van der Waals surface area contributed by atoms with Gasteiger partial charge in [-0.2, -0.15) is 0 Å². The van der Waals surface area contributed by atoms with Gasteiger partial charge in [-0.15, -0.1) is 0 Å². The fourth-order valence-corrected chi connectivity index (χ4v) is 4.13. The Kier molecular flexibility index (Phi) is 12.8. The number of hydrogen-bond donors (Lipinski definition) is 2. The van der Waals surface area contributed by atoms with Crippen molar-refractivity contribution in [1.82, 2.24) is 5.32 Å². The highest BCUT2D eigenvalue weighted by atomic mass is 16.6. The molecule has 0 radical (unpaired) electrons. The van der Waals surface area contributed by atoms with Gasteiger partial charge in [0.25, 0.3) is 0 Å². The fraction of sp³-hybridized carbons (Fsp3) is 0.692. The van der Waals surface area contributed by atoms with E-state index in [2.05, 4.69) is 10.5 Å². The van der Waals surface area contributed by atoms with Crippen LogP contribution in [0.1, 0.15) is 89.5 Å². The average Bonchev–Trinajstić information content (AvgIpc) is 2.98. The van der Waals surface area contributed by atoms with E-state index in [1.54, 1.807) is 14.0 Å². The summed E-state index contributed by atoms with van der Waals surface area (Å²) in [5, 5.41) is 16.9. The highest BCUT2D eigenvalue weighted by Gasteiger charge is 2.22. The van der Waals surface area contributed by atoms with Gasteiger partial charge in [-0.1, -0.05) is 68.7 Å². The summed E-state index contributed by atoms with van der Waals surface area (Å²) in [7, 11) is 1.63. The molecule has 0 spiro atoms. The number of oxime groups is 1. The second-order valence-electron chi connectivity index (χ2n) is 8.98. The normalized spacial score (nSPS) is 21.0. The van der Waals surface area contributed by atoms with Gasteiger partial charge in [0, 0.05) is 25.3 Å². The lowest BCUT2D eigenvalue weighted by Crippen LogP contribution is -2.31. The molecule has 1 saturated carbocycles. The van der Waals surface area contributed by atoms with E-state index in [9.17, 15) is 9.90 Å². The predicted octanol–water partition coefficient (Wildman–Crippen LogP) is 5.38. The molecule has 32 heavy (non-hydrogen) atoms. The van der Waals surface area contributed by atoms with E-state index in [1.165, 1.54) is 51.4 Å². The van der Waals surface area contributed by atoms with E-state index in [1.807, 2.05) is 24.3 Å². The quantitative estimate of drug-likeness (QED) is 0.435. The van der Waals surface area contributed by atoms with Crippen molar-refractivity contribution in [3.63, 3.8) is 0 Å². The van der Waals surface area contributed by atoms with Crippen LogP contribution in [0.2, 0.25) is 0 Å². The summed E-state index contributed by atoms with van der Waals surface area (Å²) >= 11 is 0. The number of nitrogens with one attached hydrogen (secondary N) is 1. The zero-order chi connectivity index (χ0) is 23.0. The molecule has 1 aliphatic carbocycles. The molecule has 3 rings (SSSR count). The molecular formula is C26H42N2O4. The Labute approximate surface area is 193 Å². The molecular weight excluding hydrogens is 404 g/mol. The number of hydrogen-bond acceptors (Lipinski definition) is 5. The summed E-state index contributed by atoms with van der Waals surface area (Å²) in [6.07, 6.45) is 14.2. The summed E-state index contributed by atoms with van der Waals surface area (Å²) in [5.41, 5.74) is 1.80. The lowest BCUT2D eigenvalue weighted by molar-refractivity contribution is -0.120. The van der Waals surface area contributed by atoms with Crippen LogP contribution in [0.4, 0.5) is 0 Å². The summed E-state index contributed by atoms with van der Waals surface area (Å²) in [6.45, 7) is 2.64.